The topological polar surface area (TPSA) is 44.8 Å². The maximum Gasteiger partial charge on any atom is 0.184 e. The molecule has 1 aromatic carbocycles. The molecule has 0 unspecified atom stereocenters. The van der Waals surface area contributed by atoms with Crippen molar-refractivity contribution in [2.75, 3.05) is 26.7 Å². The van der Waals surface area contributed by atoms with Gasteiger partial charge in [0.05, 0.1) is 20.1 Å². The largest absolute Gasteiger partial charge is 0.496 e. The first kappa shape index (κ1) is 12.6. The molecule has 0 aliphatic rings. The SMILES string of the molecule is COc1cc(OC)cc(OCC(=O)CCl)c1. The van der Waals surface area contributed by atoms with Crippen LogP contribution in [0.4, 0.5) is 0 Å². The summed E-state index contributed by atoms with van der Waals surface area (Å²) in [7, 11) is 3.09. The third-order valence-electron chi connectivity index (χ3n) is 1.87. The molecule has 0 saturated heterocycles. The summed E-state index contributed by atoms with van der Waals surface area (Å²) in [5, 5.41) is 0. The minimum absolute atomic E-state index is 0.0545. The fourth-order valence-corrected chi connectivity index (χ4v) is 1.14. The van der Waals surface area contributed by atoms with Gasteiger partial charge in [0.2, 0.25) is 0 Å². The Labute approximate surface area is 99.1 Å². The molecule has 0 amide bonds. The van der Waals surface area contributed by atoms with E-state index < -0.39 is 0 Å². The molecule has 88 valence electrons. The van der Waals surface area contributed by atoms with Gasteiger partial charge in [0, 0.05) is 18.2 Å². The summed E-state index contributed by atoms with van der Waals surface area (Å²) in [6.07, 6.45) is 0. The van der Waals surface area contributed by atoms with Crippen molar-refractivity contribution >= 4 is 17.4 Å². The molecule has 5 heteroatoms. The van der Waals surface area contributed by atoms with Crippen LogP contribution in [-0.4, -0.2) is 32.5 Å². The highest BCUT2D eigenvalue weighted by molar-refractivity contribution is 6.27. The van der Waals surface area contributed by atoms with Crippen LogP contribution in [0, 0.1) is 0 Å². The molecule has 16 heavy (non-hydrogen) atoms. The molecule has 0 N–H and O–H groups in total. The summed E-state index contributed by atoms with van der Waals surface area (Å²) < 4.78 is 15.4. The van der Waals surface area contributed by atoms with E-state index in [0.717, 1.165) is 0 Å². The molecular weight excluding hydrogens is 232 g/mol. The number of alkyl halides is 1. The molecule has 0 aliphatic carbocycles. The van der Waals surface area contributed by atoms with E-state index in [0.29, 0.717) is 17.2 Å². The summed E-state index contributed by atoms with van der Waals surface area (Å²) in [5.74, 6) is 1.49. The zero-order valence-electron chi connectivity index (χ0n) is 9.16. The zero-order chi connectivity index (χ0) is 12.0. The number of halogens is 1. The van der Waals surface area contributed by atoms with Crippen molar-refractivity contribution in [2.24, 2.45) is 0 Å². The number of rotatable bonds is 6. The number of benzene rings is 1. The smallest absolute Gasteiger partial charge is 0.184 e. The molecule has 0 radical (unpaired) electrons. The van der Waals surface area contributed by atoms with Gasteiger partial charge < -0.3 is 14.2 Å². The van der Waals surface area contributed by atoms with Crippen LogP contribution in [0.15, 0.2) is 18.2 Å². The van der Waals surface area contributed by atoms with Gasteiger partial charge in [-0.2, -0.15) is 0 Å². The highest BCUT2D eigenvalue weighted by atomic mass is 35.5. The minimum Gasteiger partial charge on any atom is -0.496 e. The van der Waals surface area contributed by atoms with Gasteiger partial charge in [0.1, 0.15) is 23.9 Å². The van der Waals surface area contributed by atoms with Crippen molar-refractivity contribution in [3.8, 4) is 17.2 Å². The molecule has 0 fully saturated rings. The minimum atomic E-state index is -0.177. The number of Topliss-reactive ketones (excluding diaryl/α,β-unsaturated/α-hetero) is 1. The van der Waals surface area contributed by atoms with E-state index in [9.17, 15) is 4.79 Å². The van der Waals surface area contributed by atoms with E-state index in [2.05, 4.69) is 0 Å². The molecule has 0 atom stereocenters. The van der Waals surface area contributed by atoms with Crippen molar-refractivity contribution in [1.29, 1.82) is 0 Å². The second-order valence-electron chi connectivity index (χ2n) is 3.01. The highest BCUT2D eigenvalue weighted by Crippen LogP contribution is 2.27. The van der Waals surface area contributed by atoms with Crippen LogP contribution in [-0.2, 0) is 4.79 Å². The van der Waals surface area contributed by atoms with Gasteiger partial charge in [-0.1, -0.05) is 0 Å². The lowest BCUT2D eigenvalue weighted by Gasteiger charge is -2.09. The van der Waals surface area contributed by atoms with E-state index in [1.165, 1.54) is 0 Å². The number of methoxy groups -OCH3 is 2. The number of carbonyl (C=O) groups is 1. The average molecular weight is 245 g/mol. The van der Waals surface area contributed by atoms with Crippen LogP contribution in [0.1, 0.15) is 0 Å². The fraction of sp³-hybridized carbons (Fsp3) is 0.364. The number of ether oxygens (including phenoxy) is 3. The molecule has 0 spiro atoms. The Morgan fingerprint density at radius 3 is 2.06 bits per heavy atom. The Kier molecular flexibility index (Phi) is 4.92. The fourth-order valence-electron chi connectivity index (χ4n) is 1.07. The van der Waals surface area contributed by atoms with Gasteiger partial charge in [-0.05, 0) is 0 Å². The molecule has 0 aliphatic heterocycles. The first-order valence-electron chi connectivity index (χ1n) is 4.63. The van der Waals surface area contributed by atoms with Crippen LogP contribution in [0.25, 0.3) is 0 Å². The zero-order valence-corrected chi connectivity index (χ0v) is 9.91. The maximum absolute atomic E-state index is 11.0. The second-order valence-corrected chi connectivity index (χ2v) is 3.28. The molecule has 1 aromatic rings. The number of hydrogen-bond acceptors (Lipinski definition) is 4. The lowest BCUT2D eigenvalue weighted by atomic mass is 10.3. The third kappa shape index (κ3) is 3.62. The number of carbonyl (C=O) groups excluding carboxylic acids is 1. The Morgan fingerprint density at radius 1 is 1.12 bits per heavy atom. The normalized spacial score (nSPS) is 9.69. The van der Waals surface area contributed by atoms with E-state index in [1.54, 1.807) is 32.4 Å². The summed E-state index contributed by atoms with van der Waals surface area (Å²) in [6.45, 7) is -0.0557. The van der Waals surface area contributed by atoms with Gasteiger partial charge in [-0.15, -0.1) is 11.6 Å². The van der Waals surface area contributed by atoms with E-state index in [4.69, 9.17) is 25.8 Å². The highest BCUT2D eigenvalue weighted by Gasteiger charge is 2.05. The quantitative estimate of drug-likeness (QED) is 0.717. The Balaban J connectivity index is 2.74. The van der Waals surface area contributed by atoms with Gasteiger partial charge in [-0.25, -0.2) is 0 Å². The Bertz CT molecular complexity index is 343. The average Bonchev–Trinajstić information content (AvgIpc) is 2.35. The van der Waals surface area contributed by atoms with E-state index >= 15 is 0 Å². The molecule has 0 saturated carbocycles. The summed E-state index contributed by atoms with van der Waals surface area (Å²) in [5.41, 5.74) is 0. The van der Waals surface area contributed by atoms with Crippen molar-refractivity contribution in [1.82, 2.24) is 0 Å². The monoisotopic (exact) mass is 244 g/mol. The third-order valence-corrected chi connectivity index (χ3v) is 2.17. The van der Waals surface area contributed by atoms with Crippen molar-refractivity contribution < 1.29 is 19.0 Å². The van der Waals surface area contributed by atoms with Crippen LogP contribution in [0.2, 0.25) is 0 Å². The van der Waals surface area contributed by atoms with Crippen LogP contribution >= 0.6 is 11.6 Å². The molecule has 4 nitrogen and oxygen atoms in total. The van der Waals surface area contributed by atoms with E-state index in [1.807, 2.05) is 0 Å². The number of ketones is 1. The van der Waals surface area contributed by atoms with Crippen LogP contribution in [0.5, 0.6) is 17.2 Å². The molecule has 0 bridgehead atoms. The predicted octanol–water partition coefficient (Wildman–Crippen LogP) is 1.89. The standard InChI is InChI=1S/C11H13ClO4/c1-14-9-3-10(15-2)5-11(4-9)16-7-8(13)6-12/h3-5H,6-7H2,1-2H3. The molecule has 0 aromatic heterocycles. The van der Waals surface area contributed by atoms with Crippen molar-refractivity contribution in [3.05, 3.63) is 18.2 Å². The molecular formula is C11H13ClO4. The van der Waals surface area contributed by atoms with Crippen LogP contribution in [0.3, 0.4) is 0 Å². The van der Waals surface area contributed by atoms with Crippen molar-refractivity contribution in [3.63, 3.8) is 0 Å². The Hall–Kier alpha value is -1.42. The first-order chi connectivity index (χ1) is 7.69. The lowest BCUT2D eigenvalue weighted by molar-refractivity contribution is -0.118. The summed E-state index contributed by atoms with van der Waals surface area (Å²) in [4.78, 5) is 11.0. The summed E-state index contributed by atoms with van der Waals surface area (Å²) in [6, 6.07) is 5.06. The van der Waals surface area contributed by atoms with Gasteiger partial charge >= 0.3 is 0 Å². The molecule has 0 heterocycles. The number of hydrogen-bond donors (Lipinski definition) is 0. The van der Waals surface area contributed by atoms with Gasteiger partial charge in [0.25, 0.3) is 0 Å². The first-order valence-corrected chi connectivity index (χ1v) is 5.16. The maximum atomic E-state index is 11.0. The summed E-state index contributed by atoms with van der Waals surface area (Å²) >= 11 is 5.36. The molecule has 1 rings (SSSR count). The van der Waals surface area contributed by atoms with Gasteiger partial charge in [-0.3, -0.25) is 4.79 Å². The van der Waals surface area contributed by atoms with E-state index in [-0.39, 0.29) is 18.3 Å². The van der Waals surface area contributed by atoms with Gasteiger partial charge in [0.15, 0.2) is 5.78 Å². The van der Waals surface area contributed by atoms with Crippen molar-refractivity contribution in [2.45, 2.75) is 0 Å². The lowest BCUT2D eigenvalue weighted by Crippen LogP contribution is -2.12. The predicted molar refractivity (Wildman–Crippen MR) is 60.8 cm³/mol. The van der Waals surface area contributed by atoms with Crippen LogP contribution < -0.4 is 14.2 Å². The second kappa shape index (κ2) is 6.23. The Morgan fingerprint density at radius 2 is 1.62 bits per heavy atom.